The molecule has 6 nitrogen and oxygen atoms in total. The number of nitrogens with two attached hydrogens (primary N) is 2. The first-order valence-electron chi connectivity index (χ1n) is 6.03. The van der Waals surface area contributed by atoms with Gasteiger partial charge in [0.1, 0.15) is 16.9 Å². The summed E-state index contributed by atoms with van der Waals surface area (Å²) in [6.07, 6.45) is 3.11. The molecular weight excluding hydrogens is 284 g/mol. The number of fused-ring (bicyclic) bond motifs is 1. The van der Waals surface area contributed by atoms with E-state index in [1.54, 1.807) is 6.08 Å². The minimum atomic E-state index is 0.100. The van der Waals surface area contributed by atoms with Crippen molar-refractivity contribution in [2.45, 2.75) is 0 Å². The average molecular weight is 294 g/mol. The van der Waals surface area contributed by atoms with Crippen LogP contribution in [0.2, 0.25) is 0 Å². The number of aromatic nitrogens is 3. The summed E-state index contributed by atoms with van der Waals surface area (Å²) in [4.78, 5) is 12.2. The molecule has 0 aliphatic rings. The van der Waals surface area contributed by atoms with Crippen LogP contribution in [0.15, 0.2) is 30.5 Å². The van der Waals surface area contributed by atoms with Crippen LogP contribution >= 0.6 is 11.3 Å². The van der Waals surface area contributed by atoms with Gasteiger partial charge in [0.15, 0.2) is 0 Å². The highest BCUT2D eigenvalue weighted by Crippen LogP contribution is 2.28. The van der Waals surface area contributed by atoms with Gasteiger partial charge in [-0.25, -0.2) is 9.97 Å². The number of thiazole rings is 1. The molecule has 3 rings (SSSR count). The van der Waals surface area contributed by atoms with Crippen LogP contribution in [0.4, 0.5) is 11.8 Å². The van der Waals surface area contributed by atoms with Crippen molar-refractivity contribution in [3.63, 3.8) is 0 Å². The van der Waals surface area contributed by atoms with E-state index in [4.69, 9.17) is 11.5 Å². The monoisotopic (exact) mass is 294 g/mol. The lowest BCUT2D eigenvalue weighted by Crippen LogP contribution is -2.01. The highest BCUT2D eigenvalue weighted by Gasteiger charge is 2.10. The van der Waals surface area contributed by atoms with Crippen LogP contribution in [0.3, 0.4) is 0 Å². The molecule has 0 saturated carbocycles. The average Bonchev–Trinajstić information content (AvgIpc) is 2.90. The first-order chi connectivity index (χ1) is 10.2. The second kappa shape index (κ2) is 5.19. The second-order valence-corrected chi connectivity index (χ2v) is 5.26. The Morgan fingerprint density at radius 3 is 2.76 bits per heavy atom. The van der Waals surface area contributed by atoms with Crippen LogP contribution in [-0.4, -0.2) is 15.0 Å². The molecule has 0 bridgehead atoms. The number of allylic oxidation sites excluding steroid dienone is 1. The molecule has 4 N–H and O–H groups in total. The fourth-order valence-corrected chi connectivity index (χ4v) is 2.75. The Hall–Kier alpha value is -2.98. The predicted octanol–water partition coefficient (Wildman–Crippen LogP) is 2.31. The fourth-order valence-electron chi connectivity index (χ4n) is 1.81. The van der Waals surface area contributed by atoms with E-state index < -0.39 is 0 Å². The maximum Gasteiger partial charge on any atom is 0.221 e. The van der Waals surface area contributed by atoms with E-state index in [-0.39, 0.29) is 11.8 Å². The van der Waals surface area contributed by atoms with Crippen molar-refractivity contribution >= 4 is 45.0 Å². The minimum absolute atomic E-state index is 0.100. The van der Waals surface area contributed by atoms with Crippen molar-refractivity contribution in [3.8, 4) is 6.07 Å². The van der Waals surface area contributed by atoms with Crippen LogP contribution in [0.5, 0.6) is 0 Å². The minimum Gasteiger partial charge on any atom is -0.383 e. The molecule has 0 fully saturated rings. The normalized spacial score (nSPS) is 11.5. The van der Waals surface area contributed by atoms with Gasteiger partial charge in [-0.1, -0.05) is 12.1 Å². The lowest BCUT2D eigenvalue weighted by molar-refractivity contribution is 1.19. The number of nitrogens with zero attached hydrogens (tertiary/aromatic N) is 4. The largest absolute Gasteiger partial charge is 0.383 e. The molecule has 0 spiro atoms. The lowest BCUT2D eigenvalue weighted by Gasteiger charge is -2.00. The van der Waals surface area contributed by atoms with Crippen LogP contribution in [-0.2, 0) is 0 Å². The Morgan fingerprint density at radius 2 is 2.05 bits per heavy atom. The number of para-hydroxylation sites is 1. The zero-order valence-electron chi connectivity index (χ0n) is 10.8. The SMILES string of the molecule is N#CC(=Cc1cnc(N)nc1N)c1nc2ccccc2s1. The second-order valence-electron chi connectivity index (χ2n) is 4.23. The van der Waals surface area contributed by atoms with Crippen molar-refractivity contribution in [2.24, 2.45) is 0 Å². The molecule has 0 atom stereocenters. The van der Waals surface area contributed by atoms with Gasteiger partial charge in [0.05, 0.1) is 15.8 Å². The summed E-state index contributed by atoms with van der Waals surface area (Å²) in [6, 6.07) is 9.85. The quantitative estimate of drug-likeness (QED) is 0.701. The van der Waals surface area contributed by atoms with Gasteiger partial charge in [0.2, 0.25) is 5.95 Å². The van der Waals surface area contributed by atoms with Gasteiger partial charge >= 0.3 is 0 Å². The molecule has 1 aromatic carbocycles. The molecule has 7 heteroatoms. The third-order valence-corrected chi connectivity index (χ3v) is 3.88. The van der Waals surface area contributed by atoms with Crippen LogP contribution < -0.4 is 11.5 Å². The van der Waals surface area contributed by atoms with Crippen LogP contribution in [0, 0.1) is 11.3 Å². The predicted molar refractivity (Wildman–Crippen MR) is 84.0 cm³/mol. The lowest BCUT2D eigenvalue weighted by atomic mass is 10.2. The first kappa shape index (κ1) is 13.0. The molecule has 0 saturated heterocycles. The Balaban J connectivity index is 2.09. The van der Waals surface area contributed by atoms with Crippen molar-refractivity contribution < 1.29 is 0 Å². The summed E-state index contributed by atoms with van der Waals surface area (Å²) in [5, 5.41) is 9.99. The Labute approximate surface area is 124 Å². The van der Waals surface area contributed by atoms with E-state index in [0.717, 1.165) is 10.2 Å². The first-order valence-corrected chi connectivity index (χ1v) is 6.85. The maximum atomic E-state index is 9.35. The summed E-state index contributed by atoms with van der Waals surface area (Å²) >= 11 is 1.45. The van der Waals surface area contributed by atoms with Crippen molar-refractivity contribution in [2.75, 3.05) is 11.5 Å². The van der Waals surface area contributed by atoms with E-state index >= 15 is 0 Å². The maximum absolute atomic E-state index is 9.35. The number of nitriles is 1. The summed E-state index contributed by atoms with van der Waals surface area (Å²) < 4.78 is 1.02. The third kappa shape index (κ3) is 2.52. The van der Waals surface area contributed by atoms with Gasteiger partial charge in [-0.05, 0) is 18.2 Å². The van der Waals surface area contributed by atoms with E-state index in [1.165, 1.54) is 17.5 Å². The van der Waals surface area contributed by atoms with Gasteiger partial charge in [-0.15, -0.1) is 11.3 Å². The standard InChI is InChI=1S/C14H10N6S/c15-6-8(5-9-7-18-14(17)20-12(9)16)13-19-10-3-1-2-4-11(10)21-13/h1-5,7H,(H4,16,17,18,20). The van der Waals surface area contributed by atoms with Gasteiger partial charge in [-0.2, -0.15) is 10.2 Å². The molecular formula is C14H10N6S. The van der Waals surface area contributed by atoms with E-state index in [9.17, 15) is 5.26 Å². The summed E-state index contributed by atoms with van der Waals surface area (Å²) in [6.45, 7) is 0. The molecule has 2 aromatic heterocycles. The summed E-state index contributed by atoms with van der Waals surface area (Å²) in [7, 11) is 0. The van der Waals surface area contributed by atoms with E-state index in [1.807, 2.05) is 24.3 Å². The van der Waals surface area contributed by atoms with Crippen molar-refractivity contribution in [1.29, 1.82) is 5.26 Å². The number of hydrogen-bond donors (Lipinski definition) is 2. The number of nitrogen functional groups attached to an aromatic ring is 2. The molecule has 0 radical (unpaired) electrons. The van der Waals surface area contributed by atoms with Gasteiger partial charge < -0.3 is 11.5 Å². The molecule has 3 aromatic rings. The zero-order chi connectivity index (χ0) is 14.8. The highest BCUT2D eigenvalue weighted by molar-refractivity contribution is 7.19. The van der Waals surface area contributed by atoms with Gasteiger partial charge in [0, 0.05) is 11.8 Å². The molecule has 0 aliphatic heterocycles. The van der Waals surface area contributed by atoms with Gasteiger partial charge in [0.25, 0.3) is 0 Å². The molecule has 102 valence electrons. The third-order valence-electron chi connectivity index (χ3n) is 2.81. The van der Waals surface area contributed by atoms with Crippen molar-refractivity contribution in [3.05, 3.63) is 41.0 Å². The highest BCUT2D eigenvalue weighted by atomic mass is 32.1. The van der Waals surface area contributed by atoms with Crippen LogP contribution in [0.25, 0.3) is 21.9 Å². The topological polar surface area (TPSA) is 114 Å². The fraction of sp³-hybridized carbons (Fsp3) is 0. The Bertz CT molecular complexity index is 857. The molecule has 0 amide bonds. The van der Waals surface area contributed by atoms with Crippen LogP contribution in [0.1, 0.15) is 10.6 Å². The van der Waals surface area contributed by atoms with E-state index in [2.05, 4.69) is 21.0 Å². The Morgan fingerprint density at radius 1 is 1.24 bits per heavy atom. The smallest absolute Gasteiger partial charge is 0.221 e. The van der Waals surface area contributed by atoms with Gasteiger partial charge in [-0.3, -0.25) is 0 Å². The molecule has 2 heterocycles. The van der Waals surface area contributed by atoms with E-state index in [0.29, 0.717) is 16.1 Å². The molecule has 0 aliphatic carbocycles. The molecule has 21 heavy (non-hydrogen) atoms. The zero-order valence-corrected chi connectivity index (χ0v) is 11.6. The number of anilines is 2. The summed E-state index contributed by atoms with van der Waals surface area (Å²) in [5.41, 5.74) is 13.0. The molecule has 0 unspecified atom stereocenters. The summed E-state index contributed by atoms with van der Waals surface area (Å²) in [5.74, 6) is 0.333. The van der Waals surface area contributed by atoms with Crippen molar-refractivity contribution in [1.82, 2.24) is 15.0 Å². The number of benzene rings is 1. The number of rotatable bonds is 2. The number of hydrogen-bond acceptors (Lipinski definition) is 7. The Kier molecular flexibility index (Phi) is 3.22.